The van der Waals surface area contributed by atoms with Gasteiger partial charge in [-0.3, -0.25) is 4.79 Å². The summed E-state index contributed by atoms with van der Waals surface area (Å²) in [7, 11) is 1.56. The van der Waals surface area contributed by atoms with Crippen molar-refractivity contribution in [2.75, 3.05) is 7.11 Å². The Morgan fingerprint density at radius 3 is 2.65 bits per heavy atom. The van der Waals surface area contributed by atoms with Crippen molar-refractivity contribution in [2.24, 2.45) is 0 Å². The Morgan fingerprint density at radius 1 is 1.30 bits per heavy atom. The SMILES string of the molecule is COc1cc(C)cnc1C(=O)NC1CC(c2ccc(Br)cc2)C1. The third kappa shape index (κ3) is 3.55. The van der Waals surface area contributed by atoms with Gasteiger partial charge in [-0.15, -0.1) is 0 Å². The highest BCUT2D eigenvalue weighted by molar-refractivity contribution is 9.10. The fraction of sp³-hybridized carbons (Fsp3) is 0.333. The van der Waals surface area contributed by atoms with Gasteiger partial charge in [0.25, 0.3) is 5.91 Å². The van der Waals surface area contributed by atoms with Gasteiger partial charge in [0.2, 0.25) is 0 Å². The molecule has 0 saturated heterocycles. The number of ether oxygens (including phenoxy) is 1. The third-order valence-corrected chi connectivity index (χ3v) is 4.77. The van der Waals surface area contributed by atoms with Crippen LogP contribution in [0.2, 0.25) is 0 Å². The van der Waals surface area contributed by atoms with Crippen molar-refractivity contribution < 1.29 is 9.53 Å². The minimum Gasteiger partial charge on any atom is -0.494 e. The standard InChI is InChI=1S/C18H19BrN2O2/c1-11-7-16(23-2)17(20-10-11)18(22)21-15-8-13(9-15)12-3-5-14(19)6-4-12/h3-7,10,13,15H,8-9H2,1-2H3,(H,21,22). The normalized spacial score (nSPS) is 19.8. The van der Waals surface area contributed by atoms with E-state index in [1.165, 1.54) is 5.56 Å². The molecule has 0 atom stereocenters. The summed E-state index contributed by atoms with van der Waals surface area (Å²) in [4.78, 5) is 16.6. The van der Waals surface area contributed by atoms with Crippen molar-refractivity contribution >= 4 is 21.8 Å². The number of nitrogens with one attached hydrogen (secondary N) is 1. The Morgan fingerprint density at radius 2 is 2.00 bits per heavy atom. The van der Waals surface area contributed by atoms with Gasteiger partial charge in [-0.1, -0.05) is 28.1 Å². The first-order chi connectivity index (χ1) is 11.1. The second kappa shape index (κ2) is 6.71. The van der Waals surface area contributed by atoms with Crippen molar-refractivity contribution in [3.8, 4) is 5.75 Å². The number of methoxy groups -OCH3 is 1. The molecule has 23 heavy (non-hydrogen) atoms. The van der Waals surface area contributed by atoms with Crippen LogP contribution >= 0.6 is 15.9 Å². The van der Waals surface area contributed by atoms with Crippen LogP contribution in [0, 0.1) is 6.92 Å². The van der Waals surface area contributed by atoms with Gasteiger partial charge in [0, 0.05) is 16.7 Å². The lowest BCUT2D eigenvalue weighted by atomic mass is 9.76. The summed E-state index contributed by atoms with van der Waals surface area (Å²) < 4.78 is 6.34. The summed E-state index contributed by atoms with van der Waals surface area (Å²) in [5, 5.41) is 3.05. The molecule has 5 heteroatoms. The predicted octanol–water partition coefficient (Wildman–Crippen LogP) is 3.84. The van der Waals surface area contributed by atoms with Crippen LogP contribution in [0.4, 0.5) is 0 Å². The van der Waals surface area contributed by atoms with Crippen LogP contribution in [0.15, 0.2) is 41.0 Å². The van der Waals surface area contributed by atoms with Crippen molar-refractivity contribution in [3.05, 3.63) is 57.8 Å². The van der Waals surface area contributed by atoms with Crippen LogP contribution < -0.4 is 10.1 Å². The van der Waals surface area contributed by atoms with Crippen molar-refractivity contribution in [1.82, 2.24) is 10.3 Å². The second-order valence-corrected chi connectivity index (χ2v) is 6.87. The molecule has 1 N–H and O–H groups in total. The zero-order chi connectivity index (χ0) is 16.4. The maximum Gasteiger partial charge on any atom is 0.273 e. The molecule has 1 aliphatic carbocycles. The largest absolute Gasteiger partial charge is 0.494 e. The van der Waals surface area contributed by atoms with Crippen LogP contribution in [-0.2, 0) is 0 Å². The molecule has 3 rings (SSSR count). The van der Waals surface area contributed by atoms with Crippen LogP contribution in [0.3, 0.4) is 0 Å². The summed E-state index contributed by atoms with van der Waals surface area (Å²) >= 11 is 3.45. The fourth-order valence-electron chi connectivity index (χ4n) is 2.87. The van der Waals surface area contributed by atoms with E-state index in [-0.39, 0.29) is 11.9 Å². The topological polar surface area (TPSA) is 51.2 Å². The molecule has 0 radical (unpaired) electrons. The number of pyridine rings is 1. The first-order valence-electron chi connectivity index (χ1n) is 7.64. The second-order valence-electron chi connectivity index (χ2n) is 5.95. The zero-order valence-corrected chi connectivity index (χ0v) is 14.8. The molecular weight excluding hydrogens is 356 g/mol. The summed E-state index contributed by atoms with van der Waals surface area (Å²) in [6.07, 6.45) is 3.60. The molecule has 2 aromatic rings. The highest BCUT2D eigenvalue weighted by Crippen LogP contribution is 2.37. The Balaban J connectivity index is 1.59. The summed E-state index contributed by atoms with van der Waals surface area (Å²) in [6.45, 7) is 1.92. The van der Waals surface area contributed by atoms with Crippen LogP contribution in [0.5, 0.6) is 5.75 Å². The maximum absolute atomic E-state index is 12.4. The Labute approximate surface area is 144 Å². The van der Waals surface area contributed by atoms with E-state index in [9.17, 15) is 4.79 Å². The summed E-state index contributed by atoms with van der Waals surface area (Å²) in [5.41, 5.74) is 2.65. The number of carbonyl (C=O) groups excluding carboxylic acids is 1. The average Bonchev–Trinajstić information content (AvgIpc) is 2.51. The molecule has 1 saturated carbocycles. The highest BCUT2D eigenvalue weighted by atomic mass is 79.9. The molecular formula is C18H19BrN2O2. The smallest absolute Gasteiger partial charge is 0.273 e. The van der Waals surface area contributed by atoms with Gasteiger partial charge in [-0.05, 0) is 55.0 Å². The van der Waals surface area contributed by atoms with Crippen LogP contribution in [0.1, 0.15) is 40.4 Å². The van der Waals surface area contributed by atoms with Gasteiger partial charge in [0.15, 0.2) is 5.69 Å². The lowest BCUT2D eigenvalue weighted by molar-refractivity contribution is 0.0900. The minimum atomic E-state index is -0.166. The lowest BCUT2D eigenvalue weighted by Crippen LogP contribution is -2.43. The van der Waals surface area contributed by atoms with Crippen LogP contribution in [0.25, 0.3) is 0 Å². The van der Waals surface area contributed by atoms with Gasteiger partial charge < -0.3 is 10.1 Å². The number of hydrogen-bond donors (Lipinski definition) is 1. The maximum atomic E-state index is 12.4. The first kappa shape index (κ1) is 16.0. The zero-order valence-electron chi connectivity index (χ0n) is 13.2. The molecule has 0 bridgehead atoms. The van der Waals surface area contributed by atoms with E-state index in [2.05, 4.69) is 50.5 Å². The number of halogens is 1. The van der Waals surface area contributed by atoms with Gasteiger partial charge in [0.1, 0.15) is 5.75 Å². The molecule has 0 spiro atoms. The predicted molar refractivity (Wildman–Crippen MR) is 92.9 cm³/mol. The lowest BCUT2D eigenvalue weighted by Gasteiger charge is -2.36. The van der Waals surface area contributed by atoms with E-state index in [1.807, 2.05) is 13.0 Å². The molecule has 1 aromatic carbocycles. The van der Waals surface area contributed by atoms with E-state index < -0.39 is 0 Å². The average molecular weight is 375 g/mol. The van der Waals surface area contributed by atoms with Gasteiger partial charge >= 0.3 is 0 Å². The number of carbonyl (C=O) groups is 1. The number of aromatic nitrogens is 1. The van der Waals surface area contributed by atoms with Crippen LogP contribution in [-0.4, -0.2) is 24.0 Å². The third-order valence-electron chi connectivity index (χ3n) is 4.24. The summed E-state index contributed by atoms with van der Waals surface area (Å²) in [6, 6.07) is 10.4. The molecule has 0 aliphatic heterocycles. The number of nitrogens with zero attached hydrogens (tertiary/aromatic N) is 1. The van der Waals surface area contributed by atoms with Gasteiger partial charge in [0.05, 0.1) is 7.11 Å². The van der Waals surface area contributed by atoms with Crippen molar-refractivity contribution in [3.63, 3.8) is 0 Å². The first-order valence-corrected chi connectivity index (χ1v) is 8.43. The van der Waals surface area contributed by atoms with E-state index >= 15 is 0 Å². The van der Waals surface area contributed by atoms with E-state index in [4.69, 9.17) is 4.74 Å². The fourth-order valence-corrected chi connectivity index (χ4v) is 3.13. The Hall–Kier alpha value is -1.88. The minimum absolute atomic E-state index is 0.166. The quantitative estimate of drug-likeness (QED) is 0.884. The molecule has 1 aliphatic rings. The molecule has 0 unspecified atom stereocenters. The van der Waals surface area contributed by atoms with Gasteiger partial charge in [-0.2, -0.15) is 0 Å². The Kier molecular flexibility index (Phi) is 4.66. The molecule has 4 nitrogen and oxygen atoms in total. The number of hydrogen-bond acceptors (Lipinski definition) is 3. The molecule has 1 fully saturated rings. The molecule has 1 aromatic heterocycles. The number of aryl methyl sites for hydroxylation is 1. The number of benzene rings is 1. The molecule has 120 valence electrons. The highest BCUT2D eigenvalue weighted by Gasteiger charge is 2.32. The molecule has 1 heterocycles. The molecule has 1 amide bonds. The number of amides is 1. The van der Waals surface area contributed by atoms with Gasteiger partial charge in [-0.25, -0.2) is 4.98 Å². The van der Waals surface area contributed by atoms with Crippen molar-refractivity contribution in [1.29, 1.82) is 0 Å². The van der Waals surface area contributed by atoms with E-state index in [0.29, 0.717) is 17.4 Å². The summed E-state index contributed by atoms with van der Waals surface area (Å²) in [5.74, 6) is 0.869. The number of rotatable bonds is 4. The Bertz CT molecular complexity index is 709. The van der Waals surface area contributed by atoms with Crippen molar-refractivity contribution in [2.45, 2.75) is 31.7 Å². The monoisotopic (exact) mass is 374 g/mol. The van der Waals surface area contributed by atoms with E-state index in [0.717, 1.165) is 22.9 Å². The van der Waals surface area contributed by atoms with E-state index in [1.54, 1.807) is 13.3 Å².